The van der Waals surface area contributed by atoms with Crippen molar-refractivity contribution < 1.29 is 14.3 Å². The van der Waals surface area contributed by atoms with Gasteiger partial charge in [0.1, 0.15) is 5.75 Å². The average molecular weight is 339 g/mol. The molecule has 0 aliphatic carbocycles. The van der Waals surface area contributed by atoms with E-state index in [0.717, 1.165) is 18.5 Å². The van der Waals surface area contributed by atoms with Crippen LogP contribution >= 0.6 is 11.6 Å². The number of amides is 2. The van der Waals surface area contributed by atoms with Crippen molar-refractivity contribution >= 4 is 23.4 Å². The summed E-state index contributed by atoms with van der Waals surface area (Å²) in [7, 11) is 1.58. The SMILES string of the molecule is CCC(=O)N1CCCN(C(=O)Cc2ccc(OC)cc2Cl)CC1. The molecule has 1 aromatic rings. The molecule has 0 radical (unpaired) electrons. The van der Waals surface area contributed by atoms with E-state index in [4.69, 9.17) is 16.3 Å². The summed E-state index contributed by atoms with van der Waals surface area (Å²) in [5.41, 5.74) is 0.795. The maximum Gasteiger partial charge on any atom is 0.227 e. The lowest BCUT2D eigenvalue weighted by atomic mass is 10.1. The van der Waals surface area contributed by atoms with E-state index in [1.165, 1.54) is 0 Å². The number of rotatable bonds is 4. The summed E-state index contributed by atoms with van der Waals surface area (Å²) in [6, 6.07) is 5.34. The third-order valence-corrected chi connectivity index (χ3v) is 4.46. The number of halogens is 1. The Labute approximate surface area is 142 Å². The summed E-state index contributed by atoms with van der Waals surface area (Å²) in [5.74, 6) is 0.870. The van der Waals surface area contributed by atoms with Crippen molar-refractivity contribution in [3.8, 4) is 5.75 Å². The predicted molar refractivity (Wildman–Crippen MR) is 89.8 cm³/mol. The molecule has 0 N–H and O–H groups in total. The zero-order valence-electron chi connectivity index (χ0n) is 13.7. The van der Waals surface area contributed by atoms with Crippen molar-refractivity contribution in [1.29, 1.82) is 0 Å². The Morgan fingerprint density at radius 1 is 1.13 bits per heavy atom. The van der Waals surface area contributed by atoms with Gasteiger partial charge < -0.3 is 14.5 Å². The van der Waals surface area contributed by atoms with Crippen LogP contribution in [0.1, 0.15) is 25.3 Å². The van der Waals surface area contributed by atoms with Crippen LogP contribution < -0.4 is 4.74 Å². The Morgan fingerprint density at radius 3 is 2.35 bits per heavy atom. The number of ether oxygens (including phenoxy) is 1. The van der Waals surface area contributed by atoms with Crippen LogP contribution in [0.4, 0.5) is 0 Å². The van der Waals surface area contributed by atoms with Crippen LogP contribution in [0.15, 0.2) is 18.2 Å². The van der Waals surface area contributed by atoms with E-state index >= 15 is 0 Å². The molecule has 1 aromatic carbocycles. The fourth-order valence-corrected chi connectivity index (χ4v) is 2.95. The Kier molecular flexibility index (Phi) is 6.28. The normalized spacial score (nSPS) is 15.3. The topological polar surface area (TPSA) is 49.9 Å². The molecular weight excluding hydrogens is 316 g/mol. The van der Waals surface area contributed by atoms with Gasteiger partial charge in [-0.2, -0.15) is 0 Å². The molecule has 6 heteroatoms. The van der Waals surface area contributed by atoms with E-state index in [0.29, 0.717) is 36.8 Å². The molecule has 0 spiro atoms. The molecule has 1 aliphatic heterocycles. The predicted octanol–water partition coefficient (Wildman–Crippen LogP) is 2.36. The van der Waals surface area contributed by atoms with E-state index in [2.05, 4.69) is 0 Å². The van der Waals surface area contributed by atoms with Gasteiger partial charge >= 0.3 is 0 Å². The van der Waals surface area contributed by atoms with Gasteiger partial charge in [-0.05, 0) is 24.1 Å². The minimum absolute atomic E-state index is 0.0443. The van der Waals surface area contributed by atoms with Crippen molar-refractivity contribution in [3.63, 3.8) is 0 Å². The highest BCUT2D eigenvalue weighted by Crippen LogP contribution is 2.23. The van der Waals surface area contributed by atoms with Crippen LogP contribution in [0.3, 0.4) is 0 Å². The summed E-state index contributed by atoms with van der Waals surface area (Å²) in [6.07, 6.45) is 1.59. The molecule has 1 fully saturated rings. The molecule has 23 heavy (non-hydrogen) atoms. The van der Waals surface area contributed by atoms with Gasteiger partial charge in [-0.3, -0.25) is 9.59 Å². The average Bonchev–Trinajstić information content (AvgIpc) is 2.82. The summed E-state index contributed by atoms with van der Waals surface area (Å²) in [5, 5.41) is 0.537. The lowest BCUT2D eigenvalue weighted by Gasteiger charge is -2.22. The first-order valence-electron chi connectivity index (χ1n) is 7.93. The van der Waals surface area contributed by atoms with Gasteiger partial charge in [0.25, 0.3) is 0 Å². The number of nitrogens with zero attached hydrogens (tertiary/aromatic N) is 2. The maximum atomic E-state index is 12.5. The zero-order valence-corrected chi connectivity index (χ0v) is 14.4. The van der Waals surface area contributed by atoms with E-state index < -0.39 is 0 Å². The van der Waals surface area contributed by atoms with Crippen molar-refractivity contribution in [1.82, 2.24) is 9.80 Å². The van der Waals surface area contributed by atoms with Crippen LogP contribution in [0, 0.1) is 0 Å². The molecule has 0 aromatic heterocycles. The first-order chi connectivity index (χ1) is 11.0. The largest absolute Gasteiger partial charge is 0.497 e. The van der Waals surface area contributed by atoms with Crippen LogP contribution in [-0.2, 0) is 16.0 Å². The van der Waals surface area contributed by atoms with Crippen molar-refractivity contribution in [2.75, 3.05) is 33.3 Å². The first kappa shape index (κ1) is 17.6. The van der Waals surface area contributed by atoms with Gasteiger partial charge in [-0.1, -0.05) is 24.6 Å². The molecule has 1 aliphatic rings. The summed E-state index contributed by atoms with van der Waals surface area (Å²) in [4.78, 5) is 28.0. The fourth-order valence-electron chi connectivity index (χ4n) is 2.71. The van der Waals surface area contributed by atoms with Gasteiger partial charge in [0.15, 0.2) is 0 Å². The molecule has 1 heterocycles. The van der Waals surface area contributed by atoms with Crippen molar-refractivity contribution in [2.45, 2.75) is 26.2 Å². The van der Waals surface area contributed by atoms with Gasteiger partial charge in [0.2, 0.25) is 11.8 Å². The number of benzene rings is 1. The standard InChI is InChI=1S/C17H23ClN2O3/c1-3-16(21)19-7-4-8-20(10-9-19)17(22)11-13-5-6-14(23-2)12-15(13)18/h5-6,12H,3-4,7-11H2,1-2H3. The minimum Gasteiger partial charge on any atom is -0.497 e. The molecule has 1 saturated heterocycles. The highest BCUT2D eigenvalue weighted by molar-refractivity contribution is 6.31. The lowest BCUT2D eigenvalue weighted by molar-refractivity contribution is -0.133. The summed E-state index contributed by atoms with van der Waals surface area (Å²) < 4.78 is 5.12. The Morgan fingerprint density at radius 2 is 1.78 bits per heavy atom. The molecule has 0 atom stereocenters. The molecular formula is C17H23ClN2O3. The van der Waals surface area contributed by atoms with Crippen LogP contribution in [0.25, 0.3) is 0 Å². The van der Waals surface area contributed by atoms with Crippen LogP contribution in [0.5, 0.6) is 5.75 Å². The quantitative estimate of drug-likeness (QED) is 0.846. The molecule has 0 bridgehead atoms. The maximum absolute atomic E-state index is 12.5. The van der Waals surface area contributed by atoms with Gasteiger partial charge in [-0.15, -0.1) is 0 Å². The molecule has 0 saturated carbocycles. The molecule has 5 nitrogen and oxygen atoms in total. The first-order valence-corrected chi connectivity index (χ1v) is 8.31. The molecule has 126 valence electrons. The molecule has 2 rings (SSSR count). The van der Waals surface area contributed by atoms with Crippen LogP contribution in [0.2, 0.25) is 5.02 Å². The van der Waals surface area contributed by atoms with E-state index in [1.54, 1.807) is 19.2 Å². The van der Waals surface area contributed by atoms with Gasteiger partial charge in [-0.25, -0.2) is 0 Å². The lowest BCUT2D eigenvalue weighted by Crippen LogP contribution is -2.37. The monoisotopic (exact) mass is 338 g/mol. The minimum atomic E-state index is 0.0443. The second kappa shape index (κ2) is 8.20. The second-order valence-electron chi connectivity index (χ2n) is 5.60. The van der Waals surface area contributed by atoms with Crippen molar-refractivity contribution in [2.24, 2.45) is 0 Å². The van der Waals surface area contributed by atoms with Crippen molar-refractivity contribution in [3.05, 3.63) is 28.8 Å². The fraction of sp³-hybridized carbons (Fsp3) is 0.529. The Hall–Kier alpha value is -1.75. The van der Waals surface area contributed by atoms with E-state index in [-0.39, 0.29) is 18.2 Å². The third kappa shape index (κ3) is 4.61. The molecule has 2 amide bonds. The summed E-state index contributed by atoms with van der Waals surface area (Å²) >= 11 is 6.20. The number of hydrogen-bond donors (Lipinski definition) is 0. The summed E-state index contributed by atoms with van der Waals surface area (Å²) in [6.45, 7) is 4.45. The smallest absolute Gasteiger partial charge is 0.227 e. The highest BCUT2D eigenvalue weighted by atomic mass is 35.5. The second-order valence-corrected chi connectivity index (χ2v) is 6.01. The third-order valence-electron chi connectivity index (χ3n) is 4.11. The highest BCUT2D eigenvalue weighted by Gasteiger charge is 2.21. The van der Waals surface area contributed by atoms with Gasteiger partial charge in [0, 0.05) is 37.6 Å². The number of carbonyl (C=O) groups excluding carboxylic acids is 2. The number of carbonyl (C=O) groups is 2. The number of methoxy groups -OCH3 is 1. The molecule has 0 unspecified atom stereocenters. The number of hydrogen-bond acceptors (Lipinski definition) is 3. The van der Waals surface area contributed by atoms with E-state index in [9.17, 15) is 9.59 Å². The zero-order chi connectivity index (χ0) is 16.8. The Bertz CT molecular complexity index is 577. The van der Waals surface area contributed by atoms with Crippen LogP contribution in [-0.4, -0.2) is 54.9 Å². The Balaban J connectivity index is 1.97. The van der Waals surface area contributed by atoms with E-state index in [1.807, 2.05) is 22.8 Å². The van der Waals surface area contributed by atoms with Gasteiger partial charge in [0.05, 0.1) is 13.5 Å².